The summed E-state index contributed by atoms with van der Waals surface area (Å²) >= 11 is 6.11. The molecule has 0 radical (unpaired) electrons. The number of urea groups is 2. The van der Waals surface area contributed by atoms with Gasteiger partial charge in [-0.3, -0.25) is 9.59 Å². The highest BCUT2D eigenvalue weighted by Crippen LogP contribution is 2.38. The number of carbonyl (C=O) groups excluding carboxylic acids is 4. The van der Waals surface area contributed by atoms with E-state index in [9.17, 15) is 32.3 Å². The third-order valence-electron chi connectivity index (χ3n) is 10.3. The number of para-hydroxylation sites is 1. The predicted octanol–water partition coefficient (Wildman–Crippen LogP) is 4.59. The molecule has 3 fully saturated rings. The van der Waals surface area contributed by atoms with E-state index in [0.29, 0.717) is 77.9 Å². The lowest BCUT2D eigenvalue weighted by Crippen LogP contribution is -2.51. The van der Waals surface area contributed by atoms with Crippen molar-refractivity contribution in [2.24, 2.45) is 5.92 Å². The molecule has 6 rings (SSSR count). The third-order valence-corrected chi connectivity index (χ3v) is 10.6. The highest BCUT2D eigenvalue weighted by Gasteiger charge is 2.38. The molecular weight excluding hydrogens is 663 g/mol. The van der Waals surface area contributed by atoms with Gasteiger partial charge in [-0.25, -0.2) is 9.59 Å². The number of alkyl halides is 3. The minimum absolute atomic E-state index is 0.0152. The fraction of sp³-hybridized carbons (Fsp3) is 0.529. The maximum Gasteiger partial charge on any atom is 0.418 e. The van der Waals surface area contributed by atoms with E-state index in [-0.39, 0.29) is 59.4 Å². The summed E-state index contributed by atoms with van der Waals surface area (Å²) < 4.78 is 41.4. The molecule has 2 aromatic carbocycles. The highest BCUT2D eigenvalue weighted by atomic mass is 35.5. The zero-order chi connectivity index (χ0) is 34.9. The second-order valence-corrected chi connectivity index (χ2v) is 13.7. The second-order valence-electron chi connectivity index (χ2n) is 13.3. The SMILES string of the molecule is Nc1c(Cl)cc(C[C@@H](CC(=O)N2CCC(N3CCc4ccccc4NC3=O)CC2)C(=O)N2CCC(N3CCNC3=O)CC2)cc1C(F)(F)F. The van der Waals surface area contributed by atoms with Gasteiger partial charge in [-0.2, -0.15) is 13.2 Å². The van der Waals surface area contributed by atoms with Crippen LogP contribution < -0.4 is 16.4 Å². The Morgan fingerprint density at radius 3 is 2.16 bits per heavy atom. The maximum atomic E-state index is 14.0. The first-order valence-corrected chi connectivity index (χ1v) is 17.2. The van der Waals surface area contributed by atoms with Gasteiger partial charge in [0.05, 0.1) is 22.2 Å². The fourth-order valence-electron chi connectivity index (χ4n) is 7.55. The molecule has 4 aliphatic rings. The van der Waals surface area contributed by atoms with Crippen molar-refractivity contribution in [2.45, 2.75) is 63.2 Å². The number of hydrogen-bond donors (Lipinski definition) is 3. The van der Waals surface area contributed by atoms with Crippen LogP contribution in [0.25, 0.3) is 0 Å². The van der Waals surface area contributed by atoms with Crippen LogP contribution in [0.3, 0.4) is 0 Å². The lowest BCUT2D eigenvalue weighted by molar-refractivity contribution is -0.143. The van der Waals surface area contributed by atoms with Gasteiger partial charge in [0.25, 0.3) is 0 Å². The number of anilines is 2. The second kappa shape index (κ2) is 14.3. The lowest BCUT2D eigenvalue weighted by atomic mass is 9.91. The summed E-state index contributed by atoms with van der Waals surface area (Å²) in [5.74, 6) is -1.53. The van der Waals surface area contributed by atoms with Crippen molar-refractivity contribution < 1.29 is 32.3 Å². The van der Waals surface area contributed by atoms with Gasteiger partial charge in [0, 0.05) is 70.0 Å². The van der Waals surface area contributed by atoms with Crippen molar-refractivity contribution in [3.05, 3.63) is 58.1 Å². The van der Waals surface area contributed by atoms with E-state index >= 15 is 0 Å². The molecule has 49 heavy (non-hydrogen) atoms. The number of nitrogen functional groups attached to an aromatic ring is 1. The summed E-state index contributed by atoms with van der Waals surface area (Å²) in [7, 11) is 0. The van der Waals surface area contributed by atoms with E-state index in [1.807, 2.05) is 29.2 Å². The molecule has 4 N–H and O–H groups in total. The van der Waals surface area contributed by atoms with Gasteiger partial charge in [0.15, 0.2) is 0 Å². The van der Waals surface area contributed by atoms with Crippen LogP contribution in [-0.4, -0.2) is 101 Å². The van der Waals surface area contributed by atoms with Crippen LogP contribution in [0.2, 0.25) is 5.02 Å². The molecule has 4 aliphatic heterocycles. The van der Waals surface area contributed by atoms with Crippen LogP contribution in [0.1, 0.15) is 48.8 Å². The molecule has 0 spiro atoms. The van der Waals surface area contributed by atoms with Crippen LogP contribution in [0.4, 0.5) is 34.1 Å². The van der Waals surface area contributed by atoms with Crippen LogP contribution in [0.5, 0.6) is 0 Å². The number of piperidine rings is 2. The van der Waals surface area contributed by atoms with E-state index in [2.05, 4.69) is 10.6 Å². The Hall–Kier alpha value is -4.20. The first-order chi connectivity index (χ1) is 23.4. The number of rotatable bonds is 7. The summed E-state index contributed by atoms with van der Waals surface area (Å²) in [6, 6.07) is 9.55. The quantitative estimate of drug-likeness (QED) is 0.364. The normalized spacial score (nSPS) is 20.1. The van der Waals surface area contributed by atoms with Crippen LogP contribution >= 0.6 is 11.6 Å². The van der Waals surface area contributed by atoms with Crippen molar-refractivity contribution in [3.8, 4) is 0 Å². The number of benzene rings is 2. The van der Waals surface area contributed by atoms with Gasteiger partial charge >= 0.3 is 18.2 Å². The van der Waals surface area contributed by atoms with Crippen molar-refractivity contribution in [3.63, 3.8) is 0 Å². The van der Waals surface area contributed by atoms with E-state index < -0.39 is 23.3 Å². The summed E-state index contributed by atoms with van der Waals surface area (Å²) in [5.41, 5.74) is 6.01. The molecule has 0 aliphatic carbocycles. The van der Waals surface area contributed by atoms with Crippen LogP contribution in [-0.2, 0) is 28.6 Å². The van der Waals surface area contributed by atoms with Gasteiger partial charge in [-0.15, -0.1) is 0 Å². The molecular formula is C34H41ClF3N7O4. The molecule has 15 heteroatoms. The molecule has 11 nitrogen and oxygen atoms in total. The standard InChI is InChI=1S/C34H41ClF3N7O4/c35-27-19-21(18-26(30(27)39)34(36,37)38)17-23(31(47)43-13-8-25(9-14-43)45-16-10-40-32(45)48)20-29(46)42-11-6-24(7-12-42)44-15-5-22-3-1-2-4-28(22)41-33(44)49/h1-4,18-19,23-25H,5-17,20,39H2,(H,40,48)(H,41,49)/t23-/m0/s1. The topological polar surface area (TPSA) is 131 Å². The average molecular weight is 704 g/mol. The van der Waals surface area contributed by atoms with Gasteiger partial charge in [-0.05, 0) is 67.9 Å². The minimum Gasteiger partial charge on any atom is -0.397 e. The molecule has 4 heterocycles. The first kappa shape index (κ1) is 34.7. The molecule has 6 amide bonds. The number of amides is 6. The molecule has 2 aromatic rings. The zero-order valence-electron chi connectivity index (χ0n) is 27.1. The number of halogens is 4. The van der Waals surface area contributed by atoms with Crippen LogP contribution in [0, 0.1) is 5.92 Å². The zero-order valence-corrected chi connectivity index (χ0v) is 27.9. The summed E-state index contributed by atoms with van der Waals surface area (Å²) in [6.07, 6.45) is -2.11. The number of fused-ring (bicyclic) bond motifs is 1. The van der Waals surface area contributed by atoms with Gasteiger partial charge in [-0.1, -0.05) is 29.8 Å². The molecule has 0 aromatic heterocycles. The van der Waals surface area contributed by atoms with E-state index in [4.69, 9.17) is 17.3 Å². The Labute approximate surface area is 287 Å². The van der Waals surface area contributed by atoms with Crippen molar-refractivity contribution >= 4 is 46.9 Å². The van der Waals surface area contributed by atoms with Crippen molar-refractivity contribution in [1.29, 1.82) is 0 Å². The van der Waals surface area contributed by atoms with Crippen LogP contribution in [0.15, 0.2) is 36.4 Å². The lowest BCUT2D eigenvalue weighted by Gasteiger charge is -2.39. The largest absolute Gasteiger partial charge is 0.418 e. The van der Waals surface area contributed by atoms with E-state index in [0.717, 1.165) is 17.3 Å². The Balaban J connectivity index is 1.13. The first-order valence-electron chi connectivity index (χ1n) is 16.8. The molecule has 1 atom stereocenters. The number of nitrogens with zero attached hydrogens (tertiary/aromatic N) is 4. The Bertz CT molecular complexity index is 1590. The number of carbonyl (C=O) groups is 4. The van der Waals surface area contributed by atoms with Gasteiger partial charge in [0.2, 0.25) is 11.8 Å². The molecule has 0 unspecified atom stereocenters. The maximum absolute atomic E-state index is 14.0. The smallest absolute Gasteiger partial charge is 0.397 e. The number of likely N-dealkylation sites (tertiary alicyclic amines) is 2. The number of nitrogens with one attached hydrogen (secondary N) is 2. The third kappa shape index (κ3) is 7.68. The molecule has 0 bridgehead atoms. The molecule has 0 saturated carbocycles. The Morgan fingerprint density at radius 1 is 0.898 bits per heavy atom. The number of nitrogens with two attached hydrogens (primary N) is 1. The minimum atomic E-state index is -4.75. The van der Waals surface area contributed by atoms with Gasteiger partial charge < -0.3 is 36.0 Å². The van der Waals surface area contributed by atoms with E-state index in [1.54, 1.807) is 14.7 Å². The fourth-order valence-corrected chi connectivity index (χ4v) is 7.80. The van der Waals surface area contributed by atoms with Gasteiger partial charge in [0.1, 0.15) is 0 Å². The van der Waals surface area contributed by atoms with Crippen molar-refractivity contribution in [1.82, 2.24) is 24.9 Å². The average Bonchev–Trinajstić information content (AvgIpc) is 3.43. The Kier molecular flexibility index (Phi) is 10.1. The van der Waals surface area contributed by atoms with E-state index in [1.165, 1.54) is 6.07 Å². The summed E-state index contributed by atoms with van der Waals surface area (Å²) in [5, 5.41) is 5.52. The highest BCUT2D eigenvalue weighted by molar-refractivity contribution is 6.33. The predicted molar refractivity (Wildman–Crippen MR) is 178 cm³/mol. The monoisotopic (exact) mass is 703 g/mol. The Morgan fingerprint density at radius 2 is 1.53 bits per heavy atom. The molecule has 264 valence electrons. The number of hydrogen-bond acceptors (Lipinski definition) is 5. The summed E-state index contributed by atoms with van der Waals surface area (Å²) in [4.78, 5) is 59.9. The summed E-state index contributed by atoms with van der Waals surface area (Å²) in [6.45, 7) is 3.22. The molecule has 3 saturated heterocycles. The van der Waals surface area contributed by atoms with Crippen molar-refractivity contribution in [2.75, 3.05) is 56.9 Å².